The lowest BCUT2D eigenvalue weighted by Crippen LogP contribution is -2.35. The number of nitrogens with one attached hydrogen (secondary N) is 1. The molecular weight excluding hydrogens is 310 g/mol. The van der Waals surface area contributed by atoms with Crippen LogP contribution in [0.25, 0.3) is 0 Å². The van der Waals surface area contributed by atoms with Gasteiger partial charge in [0, 0.05) is 12.6 Å². The maximum atomic E-state index is 12.4. The van der Waals surface area contributed by atoms with Crippen LogP contribution in [0.1, 0.15) is 23.1 Å². The Labute approximate surface area is 137 Å². The van der Waals surface area contributed by atoms with Crippen LogP contribution in [0.4, 0.5) is 0 Å². The van der Waals surface area contributed by atoms with Gasteiger partial charge in [-0.05, 0) is 54.5 Å². The lowest BCUT2D eigenvalue weighted by Gasteiger charge is -2.12. The van der Waals surface area contributed by atoms with E-state index in [1.165, 1.54) is 16.7 Å². The molecule has 2 N–H and O–H groups in total. The van der Waals surface area contributed by atoms with Crippen molar-refractivity contribution in [1.82, 2.24) is 4.72 Å². The Morgan fingerprint density at radius 1 is 1.04 bits per heavy atom. The van der Waals surface area contributed by atoms with E-state index in [9.17, 15) is 8.42 Å². The molecule has 122 valence electrons. The van der Waals surface area contributed by atoms with Crippen molar-refractivity contribution in [3.8, 4) is 0 Å². The van der Waals surface area contributed by atoms with E-state index in [0.717, 1.165) is 19.3 Å². The molecule has 3 rings (SSSR count). The number of aliphatic hydroxyl groups excluding tert-OH is 1. The van der Waals surface area contributed by atoms with E-state index in [1.54, 1.807) is 30.3 Å². The number of rotatable bonds is 6. The van der Waals surface area contributed by atoms with Gasteiger partial charge in [-0.25, -0.2) is 13.1 Å². The van der Waals surface area contributed by atoms with E-state index in [-0.39, 0.29) is 12.6 Å². The summed E-state index contributed by atoms with van der Waals surface area (Å²) in [4.78, 5) is 0.305. The van der Waals surface area contributed by atoms with Gasteiger partial charge in [0.2, 0.25) is 10.0 Å². The highest BCUT2D eigenvalue weighted by Crippen LogP contribution is 2.25. The van der Waals surface area contributed by atoms with Gasteiger partial charge in [0.15, 0.2) is 0 Å². The minimum absolute atomic E-state index is 0.0942. The summed E-state index contributed by atoms with van der Waals surface area (Å²) in [5, 5.41) is 8.92. The normalized spacial score (nSPS) is 17.2. The minimum Gasteiger partial charge on any atom is -0.396 e. The van der Waals surface area contributed by atoms with Crippen LogP contribution in [0.3, 0.4) is 0 Å². The second kappa shape index (κ2) is 6.83. The molecule has 0 fully saturated rings. The maximum absolute atomic E-state index is 12.4. The highest BCUT2D eigenvalue weighted by Gasteiger charge is 2.26. The third-order valence-electron chi connectivity index (χ3n) is 4.20. The fourth-order valence-electron chi connectivity index (χ4n) is 3.08. The average Bonchev–Trinajstić information content (AvgIpc) is 2.94. The summed E-state index contributed by atoms with van der Waals surface area (Å²) in [7, 11) is -3.47. The number of fused-ring (bicyclic) bond motifs is 1. The monoisotopic (exact) mass is 331 g/mol. The molecule has 0 saturated heterocycles. The third-order valence-corrected chi connectivity index (χ3v) is 5.74. The first-order chi connectivity index (χ1) is 11.1. The fraction of sp³-hybridized carbons (Fsp3) is 0.333. The first-order valence-electron chi connectivity index (χ1n) is 7.87. The molecule has 1 aliphatic carbocycles. The van der Waals surface area contributed by atoms with E-state index >= 15 is 0 Å². The fourth-order valence-corrected chi connectivity index (χ4v) is 4.34. The molecule has 5 heteroatoms. The van der Waals surface area contributed by atoms with Gasteiger partial charge in [0.25, 0.3) is 0 Å². The van der Waals surface area contributed by atoms with Gasteiger partial charge in [-0.1, -0.05) is 36.4 Å². The molecule has 1 unspecified atom stereocenters. The highest BCUT2D eigenvalue weighted by atomic mass is 32.2. The number of aliphatic hydroxyl groups is 1. The molecule has 2 aromatic rings. The van der Waals surface area contributed by atoms with Crippen LogP contribution in [-0.4, -0.2) is 26.2 Å². The average molecular weight is 331 g/mol. The first kappa shape index (κ1) is 16.2. The summed E-state index contributed by atoms with van der Waals surface area (Å²) in [5.41, 5.74) is 3.61. The van der Waals surface area contributed by atoms with Crippen molar-refractivity contribution in [2.75, 3.05) is 6.61 Å². The summed E-state index contributed by atoms with van der Waals surface area (Å²) in [6.07, 6.45) is 3.04. The van der Waals surface area contributed by atoms with Crippen LogP contribution >= 0.6 is 0 Å². The number of aryl methyl sites for hydroxylation is 1. The molecule has 1 aliphatic rings. The van der Waals surface area contributed by atoms with Crippen LogP contribution in [0.2, 0.25) is 0 Å². The Kier molecular flexibility index (Phi) is 4.80. The molecule has 0 aromatic heterocycles. The largest absolute Gasteiger partial charge is 0.396 e. The van der Waals surface area contributed by atoms with Gasteiger partial charge < -0.3 is 5.11 Å². The van der Waals surface area contributed by atoms with E-state index < -0.39 is 10.0 Å². The molecular formula is C18H21NO3S. The molecule has 0 saturated carbocycles. The maximum Gasteiger partial charge on any atom is 0.240 e. The standard InChI is InChI=1S/C18H21NO3S/c20-10-4-5-14-8-9-15-12-17(13-16(15)11-14)19-23(21,22)18-6-2-1-3-7-18/h1-3,6-9,11,17,19-20H,4-5,10,12-13H2. The summed E-state index contributed by atoms with van der Waals surface area (Å²) >= 11 is 0. The zero-order valence-electron chi connectivity index (χ0n) is 12.9. The molecule has 23 heavy (non-hydrogen) atoms. The van der Waals surface area contributed by atoms with Crippen LogP contribution in [0, 0.1) is 0 Å². The molecule has 0 amide bonds. The van der Waals surface area contributed by atoms with Crippen molar-refractivity contribution in [2.24, 2.45) is 0 Å². The Hall–Kier alpha value is -1.69. The summed E-state index contributed by atoms with van der Waals surface area (Å²) in [6.45, 7) is 0.191. The predicted octanol–water partition coefficient (Wildman–Crippen LogP) is 2.06. The summed E-state index contributed by atoms with van der Waals surface area (Å²) in [6, 6.07) is 14.7. The summed E-state index contributed by atoms with van der Waals surface area (Å²) in [5.74, 6) is 0. The predicted molar refractivity (Wildman–Crippen MR) is 89.8 cm³/mol. The molecule has 4 nitrogen and oxygen atoms in total. The van der Waals surface area contributed by atoms with Gasteiger partial charge in [-0.3, -0.25) is 0 Å². The van der Waals surface area contributed by atoms with Gasteiger partial charge >= 0.3 is 0 Å². The lowest BCUT2D eigenvalue weighted by atomic mass is 10.0. The van der Waals surface area contributed by atoms with Crippen molar-refractivity contribution in [1.29, 1.82) is 0 Å². The zero-order chi connectivity index (χ0) is 16.3. The molecule has 0 bridgehead atoms. The number of sulfonamides is 1. The van der Waals surface area contributed by atoms with E-state index in [2.05, 4.69) is 22.9 Å². The Balaban J connectivity index is 1.70. The van der Waals surface area contributed by atoms with Gasteiger partial charge in [0.05, 0.1) is 4.90 Å². The van der Waals surface area contributed by atoms with Gasteiger partial charge in [0.1, 0.15) is 0 Å². The molecule has 0 aliphatic heterocycles. The minimum atomic E-state index is -3.47. The van der Waals surface area contributed by atoms with E-state index in [0.29, 0.717) is 11.3 Å². The van der Waals surface area contributed by atoms with Crippen molar-refractivity contribution in [2.45, 2.75) is 36.6 Å². The van der Waals surface area contributed by atoms with Crippen LogP contribution in [0.5, 0.6) is 0 Å². The van der Waals surface area contributed by atoms with Crippen molar-refractivity contribution < 1.29 is 13.5 Å². The van der Waals surface area contributed by atoms with Gasteiger partial charge in [-0.15, -0.1) is 0 Å². The van der Waals surface area contributed by atoms with Crippen molar-refractivity contribution >= 4 is 10.0 Å². The van der Waals surface area contributed by atoms with Gasteiger partial charge in [-0.2, -0.15) is 0 Å². The second-order valence-corrected chi connectivity index (χ2v) is 7.68. The topological polar surface area (TPSA) is 66.4 Å². The molecule has 2 aromatic carbocycles. The van der Waals surface area contributed by atoms with Crippen molar-refractivity contribution in [3.05, 3.63) is 65.2 Å². The SMILES string of the molecule is O=S(=O)(NC1Cc2ccc(CCCO)cc2C1)c1ccccc1. The Morgan fingerprint density at radius 3 is 2.52 bits per heavy atom. The molecule has 1 atom stereocenters. The smallest absolute Gasteiger partial charge is 0.240 e. The third kappa shape index (κ3) is 3.80. The Bertz CT molecular complexity index is 772. The molecule has 0 radical (unpaired) electrons. The molecule has 0 spiro atoms. The number of benzene rings is 2. The zero-order valence-corrected chi connectivity index (χ0v) is 13.7. The number of hydrogen-bond acceptors (Lipinski definition) is 3. The van der Waals surface area contributed by atoms with Crippen molar-refractivity contribution in [3.63, 3.8) is 0 Å². The van der Waals surface area contributed by atoms with Crippen LogP contribution in [0.15, 0.2) is 53.4 Å². The first-order valence-corrected chi connectivity index (χ1v) is 9.36. The summed E-state index contributed by atoms with van der Waals surface area (Å²) < 4.78 is 27.6. The lowest BCUT2D eigenvalue weighted by molar-refractivity contribution is 0.288. The van der Waals surface area contributed by atoms with E-state index in [4.69, 9.17) is 5.11 Å². The Morgan fingerprint density at radius 2 is 1.78 bits per heavy atom. The molecule has 0 heterocycles. The second-order valence-electron chi connectivity index (χ2n) is 5.97. The highest BCUT2D eigenvalue weighted by molar-refractivity contribution is 7.89. The van der Waals surface area contributed by atoms with Crippen LogP contribution < -0.4 is 4.72 Å². The quantitative estimate of drug-likeness (QED) is 0.851. The van der Waals surface area contributed by atoms with E-state index in [1.807, 2.05) is 0 Å². The van der Waals surface area contributed by atoms with Crippen LogP contribution in [-0.2, 0) is 29.3 Å². The number of hydrogen-bond donors (Lipinski definition) is 2.